The lowest BCUT2D eigenvalue weighted by atomic mass is 9.97. The lowest BCUT2D eigenvalue weighted by Crippen LogP contribution is -2.29. The van der Waals surface area contributed by atoms with Gasteiger partial charge in [-0.1, -0.05) is 18.6 Å². The highest BCUT2D eigenvalue weighted by Crippen LogP contribution is 2.19. The third-order valence-electron chi connectivity index (χ3n) is 4.14. The van der Waals surface area contributed by atoms with E-state index in [1.165, 1.54) is 31.3 Å². The van der Waals surface area contributed by atoms with Gasteiger partial charge in [0, 0.05) is 5.69 Å². The summed E-state index contributed by atoms with van der Waals surface area (Å²) in [5.41, 5.74) is 2.67. The molecule has 25 heavy (non-hydrogen) atoms. The summed E-state index contributed by atoms with van der Waals surface area (Å²) in [6.45, 7) is 3.47. The maximum Gasteiger partial charge on any atom is 0.338 e. The van der Waals surface area contributed by atoms with Gasteiger partial charge in [-0.3, -0.25) is 4.79 Å². The molecule has 1 aliphatic rings. The highest BCUT2D eigenvalue weighted by atomic mass is 16.5. The molecule has 1 aromatic rings. The van der Waals surface area contributed by atoms with Crippen LogP contribution >= 0.6 is 0 Å². The van der Waals surface area contributed by atoms with Crippen molar-refractivity contribution in [2.45, 2.75) is 45.4 Å². The second-order valence-electron chi connectivity index (χ2n) is 6.30. The number of amides is 1. The van der Waals surface area contributed by atoms with Crippen LogP contribution in [0.1, 0.15) is 55.8 Å². The molecule has 2 rings (SSSR count). The number of carbonyl (C=O) groups is 2. The quantitative estimate of drug-likeness (QED) is 0.407. The topological polar surface area (TPSA) is 67.4 Å². The normalized spacial score (nSPS) is 13.9. The maximum absolute atomic E-state index is 11.9. The van der Waals surface area contributed by atoms with Crippen LogP contribution in [0, 0.1) is 0 Å². The standard InChI is InChI=1S/C20H28N2O3/c1-2-14-25-20(24)17-8-10-18(11-9-17)22-19(23)15-21-13-12-16-6-4-3-5-7-16/h6,8-11,21H,2-5,7,12-15H2,1H3,(H,22,23). The van der Waals surface area contributed by atoms with E-state index in [9.17, 15) is 9.59 Å². The molecule has 0 unspecified atom stereocenters. The zero-order valence-electron chi connectivity index (χ0n) is 15.0. The number of nitrogens with one attached hydrogen (secondary N) is 2. The van der Waals surface area contributed by atoms with Crippen LogP contribution in [-0.4, -0.2) is 31.6 Å². The van der Waals surface area contributed by atoms with Gasteiger partial charge in [0.2, 0.25) is 5.91 Å². The molecule has 2 N–H and O–H groups in total. The first-order valence-corrected chi connectivity index (χ1v) is 9.14. The van der Waals surface area contributed by atoms with Crippen molar-refractivity contribution in [3.05, 3.63) is 41.5 Å². The van der Waals surface area contributed by atoms with Gasteiger partial charge in [-0.25, -0.2) is 4.79 Å². The van der Waals surface area contributed by atoms with Crippen molar-refractivity contribution in [1.82, 2.24) is 5.32 Å². The van der Waals surface area contributed by atoms with Crippen LogP contribution in [0.25, 0.3) is 0 Å². The predicted octanol–water partition coefficient (Wildman–Crippen LogP) is 3.67. The number of hydrogen-bond donors (Lipinski definition) is 2. The van der Waals surface area contributed by atoms with Crippen LogP contribution in [-0.2, 0) is 9.53 Å². The Morgan fingerprint density at radius 3 is 2.64 bits per heavy atom. The summed E-state index contributed by atoms with van der Waals surface area (Å²) in [6, 6.07) is 6.76. The fourth-order valence-corrected chi connectivity index (χ4v) is 2.76. The largest absolute Gasteiger partial charge is 0.462 e. The third kappa shape index (κ3) is 7.10. The molecule has 0 atom stereocenters. The zero-order valence-corrected chi connectivity index (χ0v) is 15.0. The minimum Gasteiger partial charge on any atom is -0.462 e. The summed E-state index contributed by atoms with van der Waals surface area (Å²) in [5, 5.41) is 6.00. The minimum atomic E-state index is -0.335. The Bertz CT molecular complexity index is 593. The summed E-state index contributed by atoms with van der Waals surface area (Å²) < 4.78 is 5.07. The van der Waals surface area contributed by atoms with Gasteiger partial charge >= 0.3 is 5.97 Å². The molecule has 0 radical (unpaired) electrons. The van der Waals surface area contributed by atoms with E-state index in [0.717, 1.165) is 19.4 Å². The Hall–Kier alpha value is -2.14. The van der Waals surface area contributed by atoms with Crippen LogP contribution in [0.5, 0.6) is 0 Å². The number of hydrogen-bond acceptors (Lipinski definition) is 4. The van der Waals surface area contributed by atoms with Crippen molar-refractivity contribution < 1.29 is 14.3 Å². The van der Waals surface area contributed by atoms with E-state index in [2.05, 4.69) is 16.7 Å². The SMILES string of the molecule is CCCOC(=O)c1ccc(NC(=O)CNCCC2=CCCCC2)cc1. The Balaban J connectivity index is 1.67. The minimum absolute atomic E-state index is 0.0843. The van der Waals surface area contributed by atoms with E-state index in [-0.39, 0.29) is 18.4 Å². The van der Waals surface area contributed by atoms with Crippen LogP contribution in [0.3, 0.4) is 0 Å². The fourth-order valence-electron chi connectivity index (χ4n) is 2.76. The van der Waals surface area contributed by atoms with Gasteiger partial charge < -0.3 is 15.4 Å². The molecule has 1 aromatic carbocycles. The molecule has 0 saturated carbocycles. The molecular weight excluding hydrogens is 316 g/mol. The van der Waals surface area contributed by atoms with E-state index < -0.39 is 0 Å². The van der Waals surface area contributed by atoms with Gasteiger partial charge in [0.15, 0.2) is 0 Å². The lowest BCUT2D eigenvalue weighted by molar-refractivity contribution is -0.115. The van der Waals surface area contributed by atoms with Crippen molar-refractivity contribution in [2.75, 3.05) is 25.0 Å². The van der Waals surface area contributed by atoms with E-state index in [1.54, 1.807) is 24.3 Å². The molecule has 136 valence electrons. The van der Waals surface area contributed by atoms with Crippen LogP contribution in [0.15, 0.2) is 35.9 Å². The fraction of sp³-hybridized carbons (Fsp3) is 0.500. The molecule has 0 saturated heterocycles. The van der Waals surface area contributed by atoms with Crippen LogP contribution < -0.4 is 10.6 Å². The van der Waals surface area contributed by atoms with Gasteiger partial charge in [0.05, 0.1) is 18.7 Å². The highest BCUT2D eigenvalue weighted by molar-refractivity contribution is 5.94. The van der Waals surface area contributed by atoms with Crippen LogP contribution in [0.2, 0.25) is 0 Å². The number of anilines is 1. The Kier molecular flexibility index (Phi) is 8.19. The molecule has 1 aliphatic carbocycles. The van der Waals surface area contributed by atoms with E-state index in [4.69, 9.17) is 4.74 Å². The molecule has 0 bridgehead atoms. The first-order chi connectivity index (χ1) is 12.2. The van der Waals surface area contributed by atoms with E-state index >= 15 is 0 Å². The Morgan fingerprint density at radius 1 is 1.16 bits per heavy atom. The van der Waals surface area contributed by atoms with E-state index in [1.807, 2.05) is 6.92 Å². The monoisotopic (exact) mass is 344 g/mol. The number of ether oxygens (including phenoxy) is 1. The maximum atomic E-state index is 11.9. The molecule has 5 nitrogen and oxygen atoms in total. The molecule has 0 aromatic heterocycles. The Morgan fingerprint density at radius 2 is 1.96 bits per heavy atom. The molecule has 0 fully saturated rings. The number of benzene rings is 1. The second kappa shape index (κ2) is 10.7. The second-order valence-corrected chi connectivity index (χ2v) is 6.30. The van der Waals surface area contributed by atoms with Crippen molar-refractivity contribution in [3.63, 3.8) is 0 Å². The third-order valence-corrected chi connectivity index (χ3v) is 4.14. The van der Waals surface area contributed by atoms with Gasteiger partial charge in [-0.15, -0.1) is 0 Å². The number of rotatable bonds is 9. The van der Waals surface area contributed by atoms with Crippen molar-refractivity contribution in [3.8, 4) is 0 Å². The van der Waals surface area contributed by atoms with Gasteiger partial charge in [0.25, 0.3) is 0 Å². The molecule has 0 aliphatic heterocycles. The predicted molar refractivity (Wildman–Crippen MR) is 99.7 cm³/mol. The molecule has 5 heteroatoms. The first kappa shape index (κ1) is 19.2. The highest BCUT2D eigenvalue weighted by Gasteiger charge is 2.08. The van der Waals surface area contributed by atoms with E-state index in [0.29, 0.717) is 17.9 Å². The van der Waals surface area contributed by atoms with Gasteiger partial charge in [-0.05, 0) is 69.3 Å². The number of carbonyl (C=O) groups excluding carboxylic acids is 2. The number of esters is 1. The number of allylic oxidation sites excluding steroid dienone is 1. The average Bonchev–Trinajstić information content (AvgIpc) is 2.65. The van der Waals surface area contributed by atoms with Crippen molar-refractivity contribution in [1.29, 1.82) is 0 Å². The smallest absolute Gasteiger partial charge is 0.338 e. The molecule has 0 spiro atoms. The van der Waals surface area contributed by atoms with Crippen LogP contribution in [0.4, 0.5) is 5.69 Å². The summed E-state index contributed by atoms with van der Waals surface area (Å²) in [7, 11) is 0. The molecule has 1 amide bonds. The lowest BCUT2D eigenvalue weighted by Gasteiger charge is -2.13. The first-order valence-electron chi connectivity index (χ1n) is 9.14. The zero-order chi connectivity index (χ0) is 17.9. The van der Waals surface area contributed by atoms with Gasteiger partial charge in [-0.2, -0.15) is 0 Å². The van der Waals surface area contributed by atoms with Gasteiger partial charge in [0.1, 0.15) is 0 Å². The summed E-state index contributed by atoms with van der Waals surface area (Å²) >= 11 is 0. The summed E-state index contributed by atoms with van der Waals surface area (Å²) in [6.07, 6.45) is 9.12. The molecule has 0 heterocycles. The van der Waals surface area contributed by atoms with Crippen molar-refractivity contribution in [2.24, 2.45) is 0 Å². The Labute approximate surface area is 149 Å². The summed E-state index contributed by atoms with van der Waals surface area (Å²) in [4.78, 5) is 23.7. The average molecular weight is 344 g/mol. The molecular formula is C20H28N2O3. The summed E-state index contributed by atoms with van der Waals surface area (Å²) in [5.74, 6) is -0.419. The van der Waals surface area contributed by atoms with Crippen molar-refractivity contribution >= 4 is 17.6 Å².